The average Bonchev–Trinajstić information content (AvgIpc) is 2.17. The Kier molecular flexibility index (Phi) is 4.08. The lowest BCUT2D eigenvalue weighted by Crippen LogP contribution is -2.59. The van der Waals surface area contributed by atoms with Crippen molar-refractivity contribution in [1.29, 1.82) is 0 Å². The standard InChI is InChI=1S/C9H18O6Si/c1-16(2,3)15-8-7(12)6(11)5(4-10)14-9(8)13/h5-8,10-12H,4H2,1-3H3. The Morgan fingerprint density at radius 3 is 2.31 bits per heavy atom. The lowest BCUT2D eigenvalue weighted by molar-refractivity contribution is -0.204. The van der Waals surface area contributed by atoms with Gasteiger partial charge in [0.2, 0.25) is 0 Å². The van der Waals surface area contributed by atoms with Crippen molar-refractivity contribution < 1.29 is 29.3 Å². The van der Waals surface area contributed by atoms with Gasteiger partial charge >= 0.3 is 5.97 Å². The molecule has 0 radical (unpaired) electrons. The Labute approximate surface area is 94.9 Å². The summed E-state index contributed by atoms with van der Waals surface area (Å²) in [6.45, 7) is 5.05. The Hall–Kier alpha value is -0.473. The van der Waals surface area contributed by atoms with Gasteiger partial charge < -0.3 is 24.5 Å². The smallest absolute Gasteiger partial charge is 0.337 e. The SMILES string of the molecule is C[Si](C)(C)OC1C(=O)OC(CO)C(O)C1O. The maximum atomic E-state index is 11.5. The highest BCUT2D eigenvalue weighted by Crippen LogP contribution is 2.21. The molecule has 1 fully saturated rings. The normalized spacial score (nSPS) is 36.0. The first-order valence-electron chi connectivity index (χ1n) is 5.11. The minimum Gasteiger partial charge on any atom is -0.455 e. The van der Waals surface area contributed by atoms with E-state index in [2.05, 4.69) is 0 Å². The van der Waals surface area contributed by atoms with Gasteiger partial charge in [-0.3, -0.25) is 0 Å². The van der Waals surface area contributed by atoms with Crippen molar-refractivity contribution in [3.8, 4) is 0 Å². The van der Waals surface area contributed by atoms with Gasteiger partial charge in [-0.15, -0.1) is 0 Å². The first kappa shape index (κ1) is 13.6. The fraction of sp³-hybridized carbons (Fsp3) is 0.889. The fourth-order valence-corrected chi connectivity index (χ4v) is 2.47. The third-order valence-electron chi connectivity index (χ3n) is 2.20. The van der Waals surface area contributed by atoms with Gasteiger partial charge in [0.05, 0.1) is 6.61 Å². The lowest BCUT2D eigenvalue weighted by Gasteiger charge is -2.37. The van der Waals surface area contributed by atoms with Gasteiger partial charge in [-0.25, -0.2) is 4.79 Å². The van der Waals surface area contributed by atoms with Crippen molar-refractivity contribution in [2.75, 3.05) is 6.61 Å². The summed E-state index contributed by atoms with van der Waals surface area (Å²) in [5.74, 6) is -0.737. The molecule has 1 rings (SSSR count). The van der Waals surface area contributed by atoms with Gasteiger partial charge in [0.25, 0.3) is 0 Å². The van der Waals surface area contributed by atoms with Gasteiger partial charge in [-0.05, 0) is 19.6 Å². The van der Waals surface area contributed by atoms with E-state index in [9.17, 15) is 15.0 Å². The van der Waals surface area contributed by atoms with Crippen molar-refractivity contribution in [1.82, 2.24) is 0 Å². The second-order valence-corrected chi connectivity index (χ2v) is 9.25. The van der Waals surface area contributed by atoms with Crippen LogP contribution in [-0.2, 0) is 14.0 Å². The molecule has 6 nitrogen and oxygen atoms in total. The van der Waals surface area contributed by atoms with E-state index < -0.39 is 45.3 Å². The van der Waals surface area contributed by atoms with Crippen LogP contribution in [0.5, 0.6) is 0 Å². The molecular weight excluding hydrogens is 232 g/mol. The minimum absolute atomic E-state index is 0.524. The van der Waals surface area contributed by atoms with E-state index >= 15 is 0 Å². The molecule has 94 valence electrons. The first-order chi connectivity index (χ1) is 7.26. The number of rotatable bonds is 3. The molecule has 0 spiro atoms. The molecule has 0 aromatic heterocycles. The second kappa shape index (κ2) is 4.80. The number of carbonyl (C=O) groups excluding carboxylic acids is 1. The predicted octanol–water partition coefficient (Wildman–Crippen LogP) is -1.15. The third kappa shape index (κ3) is 3.02. The van der Waals surface area contributed by atoms with E-state index in [4.69, 9.17) is 14.3 Å². The molecule has 1 heterocycles. The molecule has 3 N–H and O–H groups in total. The quantitative estimate of drug-likeness (QED) is 0.432. The maximum Gasteiger partial charge on any atom is 0.337 e. The molecule has 4 unspecified atom stereocenters. The Balaban J connectivity index is 2.76. The number of carbonyl (C=O) groups is 1. The highest BCUT2D eigenvalue weighted by molar-refractivity contribution is 6.69. The number of cyclic esters (lactones) is 1. The van der Waals surface area contributed by atoms with Crippen LogP contribution in [0.1, 0.15) is 0 Å². The largest absolute Gasteiger partial charge is 0.455 e. The summed E-state index contributed by atoms with van der Waals surface area (Å²) < 4.78 is 10.2. The molecule has 1 aliphatic heterocycles. The highest BCUT2D eigenvalue weighted by atomic mass is 28.4. The second-order valence-electron chi connectivity index (χ2n) is 4.79. The molecule has 0 aromatic carbocycles. The minimum atomic E-state index is -2.02. The first-order valence-corrected chi connectivity index (χ1v) is 8.52. The average molecular weight is 250 g/mol. The van der Waals surface area contributed by atoms with E-state index in [0.717, 1.165) is 0 Å². The monoisotopic (exact) mass is 250 g/mol. The zero-order valence-corrected chi connectivity index (χ0v) is 10.6. The zero-order chi connectivity index (χ0) is 12.5. The van der Waals surface area contributed by atoms with Crippen molar-refractivity contribution in [3.05, 3.63) is 0 Å². The van der Waals surface area contributed by atoms with Crippen molar-refractivity contribution in [2.24, 2.45) is 0 Å². The van der Waals surface area contributed by atoms with Crippen molar-refractivity contribution in [2.45, 2.75) is 44.1 Å². The molecule has 0 bridgehead atoms. The number of hydrogen-bond donors (Lipinski definition) is 3. The van der Waals surface area contributed by atoms with E-state index in [1.54, 1.807) is 0 Å². The van der Waals surface area contributed by atoms with E-state index in [-0.39, 0.29) is 0 Å². The van der Waals surface area contributed by atoms with Gasteiger partial charge in [-0.2, -0.15) is 0 Å². The van der Waals surface area contributed by atoms with Crippen LogP contribution in [0.15, 0.2) is 0 Å². The Morgan fingerprint density at radius 1 is 1.31 bits per heavy atom. The molecule has 4 atom stereocenters. The Morgan fingerprint density at radius 2 is 1.88 bits per heavy atom. The van der Waals surface area contributed by atoms with Gasteiger partial charge in [0.15, 0.2) is 20.5 Å². The van der Waals surface area contributed by atoms with Gasteiger partial charge in [0.1, 0.15) is 12.2 Å². The van der Waals surface area contributed by atoms with Crippen LogP contribution < -0.4 is 0 Å². The Bertz CT molecular complexity index is 263. The van der Waals surface area contributed by atoms with Crippen LogP contribution in [0, 0.1) is 0 Å². The molecule has 16 heavy (non-hydrogen) atoms. The summed E-state index contributed by atoms with van der Waals surface area (Å²) in [6, 6.07) is 0. The predicted molar refractivity (Wildman–Crippen MR) is 57.2 cm³/mol. The van der Waals surface area contributed by atoms with E-state index in [1.165, 1.54) is 0 Å². The number of aliphatic hydroxyl groups is 3. The van der Waals surface area contributed by atoms with Crippen LogP contribution in [0.3, 0.4) is 0 Å². The van der Waals surface area contributed by atoms with E-state index in [0.29, 0.717) is 0 Å². The molecular formula is C9H18O6Si. The summed E-state index contributed by atoms with van der Waals surface area (Å²) in [6.07, 6.45) is -4.91. The van der Waals surface area contributed by atoms with Crippen LogP contribution >= 0.6 is 0 Å². The fourth-order valence-electron chi connectivity index (χ4n) is 1.47. The van der Waals surface area contributed by atoms with Crippen LogP contribution in [-0.4, -0.2) is 60.6 Å². The third-order valence-corrected chi connectivity index (χ3v) is 3.16. The van der Waals surface area contributed by atoms with Crippen LogP contribution in [0.2, 0.25) is 19.6 Å². The summed E-state index contributed by atoms with van der Waals surface area (Å²) >= 11 is 0. The topological polar surface area (TPSA) is 96.2 Å². The van der Waals surface area contributed by atoms with Crippen molar-refractivity contribution in [3.63, 3.8) is 0 Å². The number of ether oxygens (including phenoxy) is 1. The van der Waals surface area contributed by atoms with Gasteiger partial charge in [-0.1, -0.05) is 0 Å². The van der Waals surface area contributed by atoms with E-state index in [1.807, 2.05) is 19.6 Å². The molecule has 0 aromatic rings. The summed E-state index contributed by atoms with van der Waals surface area (Å²) in [4.78, 5) is 11.5. The number of aliphatic hydroxyl groups excluding tert-OH is 3. The maximum absolute atomic E-state index is 11.5. The number of hydrogen-bond acceptors (Lipinski definition) is 6. The number of esters is 1. The summed E-state index contributed by atoms with van der Waals surface area (Å²) in [5.41, 5.74) is 0. The van der Waals surface area contributed by atoms with Gasteiger partial charge in [0, 0.05) is 0 Å². The molecule has 0 saturated carbocycles. The summed E-state index contributed by atoms with van der Waals surface area (Å²) in [5, 5.41) is 28.1. The molecule has 1 saturated heterocycles. The summed E-state index contributed by atoms with van der Waals surface area (Å²) in [7, 11) is -2.02. The molecule has 0 amide bonds. The molecule has 1 aliphatic rings. The molecule has 7 heteroatoms. The van der Waals surface area contributed by atoms with Crippen molar-refractivity contribution >= 4 is 14.3 Å². The van der Waals surface area contributed by atoms with Crippen LogP contribution in [0.25, 0.3) is 0 Å². The zero-order valence-electron chi connectivity index (χ0n) is 9.58. The lowest BCUT2D eigenvalue weighted by atomic mass is 10.0. The molecule has 0 aliphatic carbocycles. The van der Waals surface area contributed by atoms with Crippen LogP contribution in [0.4, 0.5) is 0 Å². The highest BCUT2D eigenvalue weighted by Gasteiger charge is 2.46.